The highest BCUT2D eigenvalue weighted by Gasteiger charge is 2.21. The molecule has 1 aliphatic rings. The van der Waals surface area contributed by atoms with Crippen LogP contribution in [0.1, 0.15) is 75.2 Å². The molecule has 0 aliphatic heterocycles. The van der Waals surface area contributed by atoms with Crippen molar-refractivity contribution >= 4 is 29.2 Å². The van der Waals surface area contributed by atoms with Crippen molar-refractivity contribution in [2.75, 3.05) is 37.8 Å². The van der Waals surface area contributed by atoms with Crippen molar-refractivity contribution < 1.29 is 14.4 Å². The van der Waals surface area contributed by atoms with E-state index in [1.54, 1.807) is 24.3 Å². The lowest BCUT2D eigenvalue weighted by Crippen LogP contribution is -2.44. The quantitative estimate of drug-likeness (QED) is 0.343. The highest BCUT2D eigenvalue weighted by molar-refractivity contribution is 6.07. The van der Waals surface area contributed by atoms with Crippen molar-refractivity contribution in [3.8, 4) is 0 Å². The number of amides is 4. The van der Waals surface area contributed by atoms with E-state index in [-0.39, 0.29) is 29.3 Å². The number of nitrogens with one attached hydrogen (secondary N) is 3. The largest absolute Gasteiger partial charge is 0.335 e. The zero-order valence-corrected chi connectivity index (χ0v) is 24.2. The van der Waals surface area contributed by atoms with E-state index in [1.807, 2.05) is 64.0 Å². The molecule has 8 nitrogen and oxygen atoms in total. The first-order chi connectivity index (χ1) is 18.5. The minimum absolute atomic E-state index is 0.0207. The van der Waals surface area contributed by atoms with Gasteiger partial charge < -0.3 is 25.8 Å². The van der Waals surface area contributed by atoms with Crippen molar-refractivity contribution in [1.29, 1.82) is 0 Å². The van der Waals surface area contributed by atoms with Gasteiger partial charge in [-0.25, -0.2) is 4.79 Å². The Bertz CT molecular complexity index is 1100. The van der Waals surface area contributed by atoms with Gasteiger partial charge in [0.2, 0.25) is 5.91 Å². The molecule has 1 fully saturated rings. The van der Waals surface area contributed by atoms with Gasteiger partial charge in [0, 0.05) is 31.1 Å². The monoisotopic (exact) mass is 535 g/mol. The molecule has 0 atom stereocenters. The summed E-state index contributed by atoms with van der Waals surface area (Å²) in [5.41, 5.74) is 2.45. The summed E-state index contributed by atoms with van der Waals surface area (Å²) < 4.78 is 0. The molecule has 8 heteroatoms. The molecule has 1 saturated carbocycles. The summed E-state index contributed by atoms with van der Waals surface area (Å²) in [4.78, 5) is 42.5. The first-order valence-electron chi connectivity index (χ1n) is 14.0. The van der Waals surface area contributed by atoms with Gasteiger partial charge in [-0.15, -0.1) is 0 Å². The van der Waals surface area contributed by atoms with E-state index >= 15 is 0 Å². The Morgan fingerprint density at radius 2 is 1.49 bits per heavy atom. The molecular formula is C31H45N5O3. The Hall–Kier alpha value is -3.39. The Morgan fingerprint density at radius 3 is 2.08 bits per heavy atom. The Balaban J connectivity index is 1.63. The maximum atomic E-state index is 13.0. The third kappa shape index (κ3) is 10.4. The number of para-hydroxylation sites is 2. The lowest BCUT2D eigenvalue weighted by molar-refractivity contribution is -0.117. The number of nitrogens with zero attached hydrogens (tertiary/aromatic N) is 2. The molecule has 3 rings (SSSR count). The topological polar surface area (TPSA) is 93.8 Å². The van der Waals surface area contributed by atoms with Crippen molar-refractivity contribution in [3.05, 3.63) is 59.7 Å². The SMILES string of the molecule is CN(C)CCCN(Cc1ccc(C(=O)Nc2ccccc2NC(=O)CC(C)(C)C)cc1)C(=O)NC1CCCC1. The molecule has 1 aliphatic carbocycles. The smallest absolute Gasteiger partial charge is 0.317 e. The van der Waals surface area contributed by atoms with Crippen LogP contribution in [0, 0.1) is 5.41 Å². The van der Waals surface area contributed by atoms with Gasteiger partial charge in [0.05, 0.1) is 11.4 Å². The number of benzene rings is 2. The molecule has 0 aromatic heterocycles. The van der Waals surface area contributed by atoms with Gasteiger partial charge in [-0.3, -0.25) is 9.59 Å². The van der Waals surface area contributed by atoms with E-state index in [4.69, 9.17) is 0 Å². The molecule has 0 saturated heterocycles. The van der Waals surface area contributed by atoms with Gasteiger partial charge in [0.25, 0.3) is 5.91 Å². The minimum atomic E-state index is -0.263. The van der Waals surface area contributed by atoms with Crippen molar-refractivity contribution in [1.82, 2.24) is 15.1 Å². The van der Waals surface area contributed by atoms with E-state index in [1.165, 1.54) is 12.8 Å². The normalized spacial score (nSPS) is 13.8. The third-order valence-electron chi connectivity index (χ3n) is 6.73. The maximum Gasteiger partial charge on any atom is 0.317 e. The van der Waals surface area contributed by atoms with Crippen LogP contribution in [0.5, 0.6) is 0 Å². The van der Waals surface area contributed by atoms with E-state index in [2.05, 4.69) is 20.9 Å². The average Bonchev–Trinajstić information content (AvgIpc) is 3.36. The van der Waals surface area contributed by atoms with E-state index in [0.29, 0.717) is 36.4 Å². The van der Waals surface area contributed by atoms with Crippen LogP contribution >= 0.6 is 0 Å². The Kier molecular flexibility index (Phi) is 10.9. The predicted octanol–water partition coefficient (Wildman–Crippen LogP) is 5.72. The van der Waals surface area contributed by atoms with Crippen LogP contribution in [0.3, 0.4) is 0 Å². The predicted molar refractivity (Wildman–Crippen MR) is 158 cm³/mol. The number of urea groups is 1. The second-order valence-electron chi connectivity index (χ2n) is 12.0. The number of carbonyl (C=O) groups is 3. The van der Waals surface area contributed by atoms with Gasteiger partial charge in [0.15, 0.2) is 0 Å². The van der Waals surface area contributed by atoms with E-state index < -0.39 is 0 Å². The molecule has 212 valence electrons. The molecule has 0 bridgehead atoms. The fourth-order valence-corrected chi connectivity index (χ4v) is 4.72. The Labute approximate surface area is 233 Å². The van der Waals surface area contributed by atoms with E-state index in [0.717, 1.165) is 31.4 Å². The van der Waals surface area contributed by atoms with Crippen LogP contribution < -0.4 is 16.0 Å². The highest BCUT2D eigenvalue weighted by Crippen LogP contribution is 2.25. The van der Waals surface area contributed by atoms with Crippen LogP contribution in [0.2, 0.25) is 0 Å². The molecule has 0 heterocycles. The first kappa shape index (κ1) is 30.2. The lowest BCUT2D eigenvalue weighted by Gasteiger charge is -2.26. The third-order valence-corrected chi connectivity index (χ3v) is 6.73. The summed E-state index contributed by atoms with van der Waals surface area (Å²) in [6, 6.07) is 14.8. The molecule has 3 N–H and O–H groups in total. The van der Waals surface area contributed by atoms with Crippen LogP contribution in [0.4, 0.5) is 16.2 Å². The van der Waals surface area contributed by atoms with Gasteiger partial charge in [-0.1, -0.05) is 57.9 Å². The van der Waals surface area contributed by atoms with Gasteiger partial charge >= 0.3 is 6.03 Å². The molecule has 2 aromatic rings. The van der Waals surface area contributed by atoms with Crippen molar-refractivity contribution in [2.45, 2.75) is 71.9 Å². The Morgan fingerprint density at radius 1 is 0.872 bits per heavy atom. The van der Waals surface area contributed by atoms with E-state index in [9.17, 15) is 14.4 Å². The van der Waals surface area contributed by atoms with Crippen LogP contribution in [-0.4, -0.2) is 60.9 Å². The number of hydrogen-bond acceptors (Lipinski definition) is 4. The molecular weight excluding hydrogens is 490 g/mol. The van der Waals surface area contributed by atoms with Crippen LogP contribution in [-0.2, 0) is 11.3 Å². The standard InChI is InChI=1S/C31H45N5O3/c1-31(2,3)21-28(37)33-26-13-8-9-14-27(26)34-29(38)24-17-15-23(16-18-24)22-36(20-10-19-35(4)5)30(39)32-25-11-6-7-12-25/h8-9,13-18,25H,6-7,10-12,19-22H2,1-5H3,(H,32,39)(H,33,37)(H,34,38). The maximum absolute atomic E-state index is 13.0. The van der Waals surface area contributed by atoms with Gasteiger partial charge in [-0.05, 0) is 75.1 Å². The second-order valence-corrected chi connectivity index (χ2v) is 12.0. The molecule has 2 aromatic carbocycles. The van der Waals surface area contributed by atoms with Crippen molar-refractivity contribution in [3.63, 3.8) is 0 Å². The summed E-state index contributed by atoms with van der Waals surface area (Å²) in [5, 5.41) is 9.04. The zero-order valence-electron chi connectivity index (χ0n) is 24.2. The molecule has 0 radical (unpaired) electrons. The second kappa shape index (κ2) is 14.1. The number of rotatable bonds is 11. The molecule has 0 spiro atoms. The summed E-state index contributed by atoms with van der Waals surface area (Å²) in [6.07, 6.45) is 5.69. The fraction of sp³-hybridized carbons (Fsp3) is 0.516. The minimum Gasteiger partial charge on any atom is -0.335 e. The highest BCUT2D eigenvalue weighted by atomic mass is 16.2. The lowest BCUT2D eigenvalue weighted by atomic mass is 9.92. The van der Waals surface area contributed by atoms with Crippen molar-refractivity contribution in [2.24, 2.45) is 5.41 Å². The number of carbonyl (C=O) groups excluding carboxylic acids is 3. The summed E-state index contributed by atoms with van der Waals surface area (Å²) >= 11 is 0. The summed E-state index contributed by atoms with van der Waals surface area (Å²) in [7, 11) is 4.07. The number of hydrogen-bond donors (Lipinski definition) is 3. The molecule has 0 unspecified atom stereocenters. The van der Waals surface area contributed by atoms with Crippen LogP contribution in [0.25, 0.3) is 0 Å². The number of anilines is 2. The van der Waals surface area contributed by atoms with Crippen LogP contribution in [0.15, 0.2) is 48.5 Å². The van der Waals surface area contributed by atoms with Gasteiger partial charge in [0.1, 0.15) is 0 Å². The fourth-order valence-electron chi connectivity index (χ4n) is 4.72. The molecule has 4 amide bonds. The summed E-state index contributed by atoms with van der Waals surface area (Å²) in [6.45, 7) is 8.08. The summed E-state index contributed by atoms with van der Waals surface area (Å²) in [5.74, 6) is -0.360. The first-order valence-corrected chi connectivity index (χ1v) is 14.0. The van der Waals surface area contributed by atoms with Gasteiger partial charge in [-0.2, -0.15) is 0 Å². The average molecular weight is 536 g/mol. The molecule has 39 heavy (non-hydrogen) atoms. The zero-order chi connectivity index (χ0) is 28.4.